The van der Waals surface area contributed by atoms with Crippen molar-refractivity contribution in [2.45, 2.75) is 25.8 Å². The lowest BCUT2D eigenvalue weighted by Crippen LogP contribution is -2.34. The van der Waals surface area contributed by atoms with Crippen molar-refractivity contribution in [1.29, 1.82) is 0 Å². The highest BCUT2D eigenvalue weighted by molar-refractivity contribution is 5.94. The van der Waals surface area contributed by atoms with E-state index in [9.17, 15) is 9.59 Å². The third-order valence-corrected chi connectivity index (χ3v) is 3.50. The van der Waals surface area contributed by atoms with E-state index in [0.29, 0.717) is 12.1 Å². The Morgan fingerprint density at radius 3 is 2.17 bits per heavy atom. The topological polar surface area (TPSA) is 58.2 Å². The molecule has 120 valence electrons. The Bertz CT molecular complexity index is 626. The molecule has 1 atom stereocenters. The second-order valence-electron chi connectivity index (χ2n) is 5.36. The number of nitrogens with one attached hydrogen (secondary N) is 2. The van der Waals surface area contributed by atoms with Gasteiger partial charge in [0.25, 0.3) is 5.91 Å². The third kappa shape index (κ3) is 5.25. The summed E-state index contributed by atoms with van der Waals surface area (Å²) >= 11 is 0. The molecule has 4 nitrogen and oxygen atoms in total. The molecule has 0 aromatic heterocycles. The van der Waals surface area contributed by atoms with Crippen molar-refractivity contribution >= 4 is 11.8 Å². The summed E-state index contributed by atoms with van der Waals surface area (Å²) in [5.41, 5.74) is 1.51. The van der Waals surface area contributed by atoms with Crippen LogP contribution in [0, 0.1) is 0 Å². The Kier molecular flexibility index (Phi) is 6.36. The minimum absolute atomic E-state index is 0.0611. The van der Waals surface area contributed by atoms with Crippen molar-refractivity contribution in [2.24, 2.45) is 0 Å². The Balaban J connectivity index is 2.10. The second-order valence-corrected chi connectivity index (χ2v) is 5.36. The van der Waals surface area contributed by atoms with Crippen molar-refractivity contribution < 1.29 is 9.59 Å². The summed E-state index contributed by atoms with van der Waals surface area (Å²) in [4.78, 5) is 24.4. The van der Waals surface area contributed by atoms with Crippen LogP contribution in [0.2, 0.25) is 0 Å². The lowest BCUT2D eigenvalue weighted by atomic mass is 10.0. The van der Waals surface area contributed by atoms with Crippen LogP contribution in [0.15, 0.2) is 60.7 Å². The third-order valence-electron chi connectivity index (χ3n) is 3.50. The molecule has 0 radical (unpaired) electrons. The number of hydrogen-bond acceptors (Lipinski definition) is 2. The van der Waals surface area contributed by atoms with Crippen LogP contribution in [0.4, 0.5) is 0 Å². The van der Waals surface area contributed by atoms with Gasteiger partial charge in [-0.3, -0.25) is 9.59 Å². The zero-order valence-electron chi connectivity index (χ0n) is 13.3. The van der Waals surface area contributed by atoms with Crippen molar-refractivity contribution in [1.82, 2.24) is 10.6 Å². The maximum atomic E-state index is 12.4. The van der Waals surface area contributed by atoms with E-state index in [1.54, 1.807) is 12.1 Å². The number of benzene rings is 2. The van der Waals surface area contributed by atoms with Crippen molar-refractivity contribution in [3.05, 3.63) is 71.8 Å². The summed E-state index contributed by atoms with van der Waals surface area (Å²) in [5.74, 6) is -0.239. The van der Waals surface area contributed by atoms with Gasteiger partial charge in [-0.05, 0) is 24.1 Å². The van der Waals surface area contributed by atoms with Gasteiger partial charge >= 0.3 is 0 Å². The fourth-order valence-corrected chi connectivity index (χ4v) is 2.29. The molecular formula is C19H22N2O2. The molecule has 0 fully saturated rings. The number of amides is 2. The fourth-order valence-electron chi connectivity index (χ4n) is 2.29. The molecule has 0 aliphatic heterocycles. The van der Waals surface area contributed by atoms with Gasteiger partial charge in [0.1, 0.15) is 0 Å². The highest BCUT2D eigenvalue weighted by Crippen LogP contribution is 2.17. The number of rotatable bonds is 7. The largest absolute Gasteiger partial charge is 0.356 e. The van der Waals surface area contributed by atoms with Crippen LogP contribution in [-0.2, 0) is 4.79 Å². The monoisotopic (exact) mass is 310 g/mol. The van der Waals surface area contributed by atoms with Gasteiger partial charge in [0.15, 0.2) is 0 Å². The summed E-state index contributed by atoms with van der Waals surface area (Å²) in [6.45, 7) is 2.65. The molecule has 2 rings (SSSR count). The molecule has 0 spiro atoms. The van der Waals surface area contributed by atoms with Crippen LogP contribution < -0.4 is 10.6 Å². The maximum absolute atomic E-state index is 12.4. The molecule has 0 heterocycles. The van der Waals surface area contributed by atoms with Gasteiger partial charge in [-0.1, -0.05) is 55.5 Å². The first-order valence-corrected chi connectivity index (χ1v) is 7.88. The molecule has 2 aromatic carbocycles. The quantitative estimate of drug-likeness (QED) is 0.825. The van der Waals surface area contributed by atoms with Crippen LogP contribution in [0.5, 0.6) is 0 Å². The molecule has 0 saturated carbocycles. The van der Waals surface area contributed by atoms with Crippen LogP contribution in [0.25, 0.3) is 0 Å². The van der Waals surface area contributed by atoms with Gasteiger partial charge in [-0.25, -0.2) is 0 Å². The molecular weight excluding hydrogens is 288 g/mol. The van der Waals surface area contributed by atoms with E-state index in [-0.39, 0.29) is 24.3 Å². The minimum Gasteiger partial charge on any atom is -0.356 e. The molecule has 0 aliphatic carbocycles. The zero-order valence-corrected chi connectivity index (χ0v) is 13.3. The van der Waals surface area contributed by atoms with Gasteiger partial charge in [0.2, 0.25) is 5.91 Å². The smallest absolute Gasteiger partial charge is 0.251 e. The SMILES string of the molecule is CCCNC(=O)CC(NC(=O)c1ccccc1)c1ccccc1. The van der Waals surface area contributed by atoms with Crippen LogP contribution in [0.1, 0.15) is 41.7 Å². The molecule has 2 amide bonds. The van der Waals surface area contributed by atoms with Gasteiger partial charge < -0.3 is 10.6 Å². The van der Waals surface area contributed by atoms with Gasteiger partial charge in [-0.2, -0.15) is 0 Å². The highest BCUT2D eigenvalue weighted by atomic mass is 16.2. The highest BCUT2D eigenvalue weighted by Gasteiger charge is 2.18. The Morgan fingerprint density at radius 2 is 1.57 bits per heavy atom. The predicted octanol–water partition coefficient (Wildman–Crippen LogP) is 3.07. The van der Waals surface area contributed by atoms with E-state index < -0.39 is 0 Å². The van der Waals surface area contributed by atoms with Gasteiger partial charge in [0.05, 0.1) is 12.5 Å². The van der Waals surface area contributed by atoms with Crippen LogP contribution >= 0.6 is 0 Å². The van der Waals surface area contributed by atoms with Crippen molar-refractivity contribution in [3.63, 3.8) is 0 Å². The maximum Gasteiger partial charge on any atom is 0.251 e. The first kappa shape index (κ1) is 16.7. The predicted molar refractivity (Wildman–Crippen MR) is 91.0 cm³/mol. The Hall–Kier alpha value is -2.62. The molecule has 0 saturated heterocycles. The van der Waals surface area contributed by atoms with Crippen molar-refractivity contribution in [2.75, 3.05) is 6.54 Å². The van der Waals surface area contributed by atoms with Gasteiger partial charge in [0, 0.05) is 12.1 Å². The lowest BCUT2D eigenvalue weighted by Gasteiger charge is -2.19. The van der Waals surface area contributed by atoms with E-state index >= 15 is 0 Å². The summed E-state index contributed by atoms with van der Waals surface area (Å²) < 4.78 is 0. The number of carbonyl (C=O) groups is 2. The summed E-state index contributed by atoms with van der Waals surface area (Å²) in [5, 5.41) is 5.81. The number of hydrogen-bond donors (Lipinski definition) is 2. The van der Waals surface area contributed by atoms with E-state index in [1.807, 2.05) is 55.5 Å². The normalized spacial score (nSPS) is 11.5. The summed E-state index contributed by atoms with van der Waals surface area (Å²) in [6.07, 6.45) is 1.11. The zero-order chi connectivity index (χ0) is 16.5. The fraction of sp³-hybridized carbons (Fsp3) is 0.263. The van der Waals surface area contributed by atoms with Crippen LogP contribution in [-0.4, -0.2) is 18.4 Å². The number of carbonyl (C=O) groups excluding carboxylic acids is 2. The van der Waals surface area contributed by atoms with Crippen LogP contribution in [0.3, 0.4) is 0 Å². The van der Waals surface area contributed by atoms with E-state index in [1.165, 1.54) is 0 Å². The average Bonchev–Trinajstić information content (AvgIpc) is 2.61. The molecule has 23 heavy (non-hydrogen) atoms. The molecule has 4 heteroatoms. The minimum atomic E-state index is -0.347. The molecule has 2 N–H and O–H groups in total. The molecule has 2 aromatic rings. The second kappa shape index (κ2) is 8.73. The molecule has 0 bridgehead atoms. The lowest BCUT2D eigenvalue weighted by molar-refractivity contribution is -0.121. The van der Waals surface area contributed by atoms with E-state index in [0.717, 1.165) is 12.0 Å². The first-order valence-electron chi connectivity index (χ1n) is 7.88. The van der Waals surface area contributed by atoms with E-state index in [4.69, 9.17) is 0 Å². The summed E-state index contributed by atoms with van der Waals surface area (Å²) in [7, 11) is 0. The molecule has 0 aliphatic rings. The molecule has 1 unspecified atom stereocenters. The van der Waals surface area contributed by atoms with Gasteiger partial charge in [-0.15, -0.1) is 0 Å². The average molecular weight is 310 g/mol. The van der Waals surface area contributed by atoms with E-state index in [2.05, 4.69) is 10.6 Å². The summed E-state index contributed by atoms with van der Waals surface area (Å²) in [6, 6.07) is 18.2. The standard InChI is InChI=1S/C19H22N2O2/c1-2-13-20-18(22)14-17(15-9-5-3-6-10-15)21-19(23)16-11-7-4-8-12-16/h3-12,17H,2,13-14H2,1H3,(H,20,22)(H,21,23). The first-order chi connectivity index (χ1) is 11.2. The van der Waals surface area contributed by atoms with Crippen molar-refractivity contribution in [3.8, 4) is 0 Å². The Morgan fingerprint density at radius 1 is 0.957 bits per heavy atom. The Labute approximate surface area is 136 Å².